The number of rotatable bonds is 4. The molecule has 0 heterocycles. The van der Waals surface area contributed by atoms with Crippen molar-refractivity contribution in [2.45, 2.75) is 11.4 Å². The average molecular weight is 294 g/mol. The maximum Gasteiger partial charge on any atom is 0.245 e. The molecule has 4 nitrogen and oxygen atoms in total. The van der Waals surface area contributed by atoms with Crippen molar-refractivity contribution in [1.82, 2.24) is 4.31 Å². The minimum atomic E-state index is -3.82. The quantitative estimate of drug-likeness (QED) is 0.880. The molecule has 0 saturated heterocycles. The molecule has 0 atom stereocenters. The highest BCUT2D eigenvalue weighted by atomic mass is 32.2. The second kappa shape index (κ2) is 5.60. The molecule has 0 amide bonds. The molecular weight excluding hydrogens is 279 g/mol. The summed E-state index contributed by atoms with van der Waals surface area (Å²) in [5.41, 5.74) is 6.51. The van der Waals surface area contributed by atoms with Gasteiger partial charge >= 0.3 is 0 Å². The van der Waals surface area contributed by atoms with Crippen LogP contribution in [0.25, 0.3) is 0 Å². The first-order chi connectivity index (χ1) is 9.41. The normalized spacial score (nSPS) is 11.8. The summed E-state index contributed by atoms with van der Waals surface area (Å²) < 4.78 is 39.2. The van der Waals surface area contributed by atoms with Gasteiger partial charge in [0.15, 0.2) is 0 Å². The number of hydrogen-bond acceptors (Lipinski definition) is 3. The molecule has 20 heavy (non-hydrogen) atoms. The molecule has 6 heteroatoms. The van der Waals surface area contributed by atoms with Crippen molar-refractivity contribution >= 4 is 15.7 Å². The van der Waals surface area contributed by atoms with Gasteiger partial charge in [-0.1, -0.05) is 30.3 Å². The Bertz CT molecular complexity index is 702. The van der Waals surface area contributed by atoms with Gasteiger partial charge in [-0.15, -0.1) is 0 Å². The van der Waals surface area contributed by atoms with Crippen molar-refractivity contribution in [3.63, 3.8) is 0 Å². The van der Waals surface area contributed by atoms with E-state index in [2.05, 4.69) is 0 Å². The highest BCUT2D eigenvalue weighted by molar-refractivity contribution is 7.89. The first-order valence-corrected chi connectivity index (χ1v) is 7.40. The third-order valence-electron chi connectivity index (χ3n) is 2.91. The summed E-state index contributed by atoms with van der Waals surface area (Å²) in [6.07, 6.45) is 0. The molecule has 0 bridgehead atoms. The summed E-state index contributed by atoms with van der Waals surface area (Å²) in [5, 5.41) is 0. The molecule has 2 N–H and O–H groups in total. The van der Waals surface area contributed by atoms with Gasteiger partial charge in [0.1, 0.15) is 10.7 Å². The smallest absolute Gasteiger partial charge is 0.245 e. The summed E-state index contributed by atoms with van der Waals surface area (Å²) >= 11 is 0. The summed E-state index contributed by atoms with van der Waals surface area (Å²) in [4.78, 5) is -0.212. The second-order valence-corrected chi connectivity index (χ2v) is 6.44. The lowest BCUT2D eigenvalue weighted by Gasteiger charge is -2.18. The van der Waals surface area contributed by atoms with Gasteiger partial charge in [0, 0.05) is 13.6 Å². The second-order valence-electron chi connectivity index (χ2n) is 4.43. The Morgan fingerprint density at radius 3 is 2.45 bits per heavy atom. The van der Waals surface area contributed by atoms with Crippen LogP contribution in [0.3, 0.4) is 0 Å². The van der Waals surface area contributed by atoms with Crippen LogP contribution in [0.1, 0.15) is 5.56 Å². The van der Waals surface area contributed by atoms with Gasteiger partial charge in [0.2, 0.25) is 10.0 Å². The van der Waals surface area contributed by atoms with E-state index in [9.17, 15) is 12.8 Å². The van der Waals surface area contributed by atoms with Gasteiger partial charge < -0.3 is 5.73 Å². The Morgan fingerprint density at radius 1 is 1.15 bits per heavy atom. The van der Waals surface area contributed by atoms with Gasteiger partial charge in [-0.2, -0.15) is 4.31 Å². The first-order valence-electron chi connectivity index (χ1n) is 5.96. The van der Waals surface area contributed by atoms with Crippen LogP contribution in [-0.4, -0.2) is 19.8 Å². The van der Waals surface area contributed by atoms with Gasteiger partial charge in [-0.25, -0.2) is 12.8 Å². The number of sulfonamides is 1. The van der Waals surface area contributed by atoms with Crippen molar-refractivity contribution in [2.24, 2.45) is 0 Å². The van der Waals surface area contributed by atoms with E-state index in [1.807, 2.05) is 30.3 Å². The van der Waals surface area contributed by atoms with E-state index in [0.717, 1.165) is 22.0 Å². The number of hydrogen-bond donors (Lipinski definition) is 1. The molecule has 0 aromatic heterocycles. The van der Waals surface area contributed by atoms with Crippen LogP contribution in [0.5, 0.6) is 0 Å². The van der Waals surface area contributed by atoms with Gasteiger partial charge in [-0.05, 0) is 23.8 Å². The fourth-order valence-electron chi connectivity index (χ4n) is 1.82. The molecule has 2 rings (SSSR count). The molecule has 2 aromatic carbocycles. The summed E-state index contributed by atoms with van der Waals surface area (Å²) in [5.74, 6) is -0.633. The van der Waals surface area contributed by atoms with Crippen LogP contribution >= 0.6 is 0 Å². The Hall–Kier alpha value is -1.92. The lowest BCUT2D eigenvalue weighted by Crippen LogP contribution is -2.27. The lowest BCUT2D eigenvalue weighted by molar-refractivity contribution is 0.466. The Kier molecular flexibility index (Phi) is 4.06. The summed E-state index contributed by atoms with van der Waals surface area (Å²) in [6.45, 7) is 0.194. The summed E-state index contributed by atoms with van der Waals surface area (Å²) in [7, 11) is -2.38. The average Bonchev–Trinajstić information content (AvgIpc) is 2.42. The molecule has 0 fully saturated rings. The first kappa shape index (κ1) is 14.5. The van der Waals surface area contributed by atoms with E-state index in [0.29, 0.717) is 0 Å². The van der Waals surface area contributed by atoms with Crippen LogP contribution < -0.4 is 5.73 Å². The monoisotopic (exact) mass is 294 g/mol. The zero-order valence-corrected chi connectivity index (χ0v) is 11.8. The molecule has 0 aliphatic heterocycles. The van der Waals surface area contributed by atoms with Crippen LogP contribution in [0.2, 0.25) is 0 Å². The van der Waals surface area contributed by atoms with E-state index in [1.165, 1.54) is 13.1 Å². The van der Waals surface area contributed by atoms with Crippen molar-refractivity contribution < 1.29 is 12.8 Å². The highest BCUT2D eigenvalue weighted by Gasteiger charge is 2.23. The van der Waals surface area contributed by atoms with Crippen LogP contribution in [0.15, 0.2) is 53.4 Å². The topological polar surface area (TPSA) is 63.4 Å². The molecular formula is C14H15FN2O2S. The van der Waals surface area contributed by atoms with Crippen molar-refractivity contribution in [3.8, 4) is 0 Å². The lowest BCUT2D eigenvalue weighted by atomic mass is 10.2. The molecule has 0 spiro atoms. The minimum absolute atomic E-state index is 0.0336. The maximum atomic E-state index is 13.2. The predicted molar refractivity (Wildman–Crippen MR) is 75.9 cm³/mol. The standard InChI is InChI=1S/C14H15FN2O2S/c1-17(10-11-5-3-2-4-6-11)20(18,19)14-9-12(15)7-8-13(14)16/h2-9H,10,16H2,1H3. The Morgan fingerprint density at radius 2 is 1.80 bits per heavy atom. The predicted octanol–water partition coefficient (Wildman–Crippen LogP) is 2.23. The number of halogens is 1. The number of nitrogen functional groups attached to an aromatic ring is 1. The number of nitrogens with two attached hydrogens (primary N) is 1. The van der Waals surface area contributed by atoms with Gasteiger partial charge in [0.25, 0.3) is 0 Å². The Labute approximate surface area is 117 Å². The SMILES string of the molecule is CN(Cc1ccccc1)S(=O)(=O)c1cc(F)ccc1N. The highest BCUT2D eigenvalue weighted by Crippen LogP contribution is 2.23. The minimum Gasteiger partial charge on any atom is -0.398 e. The van der Waals surface area contributed by atoms with E-state index < -0.39 is 15.8 Å². The van der Waals surface area contributed by atoms with Gasteiger partial charge in [-0.3, -0.25) is 0 Å². The van der Waals surface area contributed by atoms with Crippen molar-refractivity contribution in [2.75, 3.05) is 12.8 Å². The molecule has 2 aromatic rings. The molecule has 0 aliphatic carbocycles. The van der Waals surface area contributed by atoms with E-state index in [-0.39, 0.29) is 17.1 Å². The zero-order chi connectivity index (χ0) is 14.8. The molecule has 0 saturated carbocycles. The fraction of sp³-hybridized carbons (Fsp3) is 0.143. The maximum absolute atomic E-state index is 13.2. The van der Waals surface area contributed by atoms with Crippen molar-refractivity contribution in [3.05, 3.63) is 59.9 Å². The van der Waals surface area contributed by atoms with Gasteiger partial charge in [0.05, 0.1) is 5.69 Å². The zero-order valence-electron chi connectivity index (χ0n) is 11.0. The van der Waals surface area contributed by atoms with E-state index in [1.54, 1.807) is 0 Å². The largest absolute Gasteiger partial charge is 0.398 e. The molecule has 0 unspecified atom stereocenters. The van der Waals surface area contributed by atoms with Crippen LogP contribution in [0, 0.1) is 5.82 Å². The fourth-order valence-corrected chi connectivity index (χ4v) is 3.11. The number of benzene rings is 2. The third-order valence-corrected chi connectivity index (χ3v) is 4.77. The number of nitrogens with zero attached hydrogens (tertiary/aromatic N) is 1. The number of anilines is 1. The van der Waals surface area contributed by atoms with Crippen molar-refractivity contribution in [1.29, 1.82) is 0 Å². The van der Waals surface area contributed by atoms with Crippen LogP contribution in [0.4, 0.5) is 10.1 Å². The van der Waals surface area contributed by atoms with E-state index >= 15 is 0 Å². The Balaban J connectivity index is 2.32. The molecule has 106 valence electrons. The third kappa shape index (κ3) is 2.97. The molecule has 0 radical (unpaired) electrons. The van der Waals surface area contributed by atoms with Crippen LogP contribution in [-0.2, 0) is 16.6 Å². The van der Waals surface area contributed by atoms with E-state index in [4.69, 9.17) is 5.73 Å². The molecule has 0 aliphatic rings. The summed E-state index contributed by atoms with van der Waals surface area (Å²) in [6, 6.07) is 12.5.